The van der Waals surface area contributed by atoms with Gasteiger partial charge >= 0.3 is 0 Å². The van der Waals surface area contributed by atoms with Crippen LogP contribution in [0, 0.1) is 0 Å². The lowest BCUT2D eigenvalue weighted by molar-refractivity contribution is 0.208. The van der Waals surface area contributed by atoms with Crippen LogP contribution in [0.1, 0.15) is 18.4 Å². The molecule has 1 unspecified atom stereocenters. The molecule has 3 aromatic rings. The SMILES string of the molecule is c1ccc(CN2CCCC(Nc3cccc4cnccc34)C2)cc1. The molecule has 3 nitrogen and oxygen atoms in total. The summed E-state index contributed by atoms with van der Waals surface area (Å²) < 4.78 is 0. The van der Waals surface area contributed by atoms with Crippen molar-refractivity contribution in [3.05, 3.63) is 72.6 Å². The summed E-state index contributed by atoms with van der Waals surface area (Å²) in [5.74, 6) is 0. The third-order valence-corrected chi connectivity index (χ3v) is 4.79. The van der Waals surface area contributed by atoms with Crippen molar-refractivity contribution in [2.75, 3.05) is 18.4 Å². The lowest BCUT2D eigenvalue weighted by atomic mass is 10.0. The minimum atomic E-state index is 0.501. The predicted molar refractivity (Wildman–Crippen MR) is 100 cm³/mol. The zero-order chi connectivity index (χ0) is 16.2. The summed E-state index contributed by atoms with van der Waals surface area (Å²) in [4.78, 5) is 6.78. The van der Waals surface area contributed by atoms with Crippen LogP contribution in [-0.4, -0.2) is 29.0 Å². The summed E-state index contributed by atoms with van der Waals surface area (Å²) in [5, 5.41) is 6.22. The first-order valence-electron chi connectivity index (χ1n) is 8.74. The first-order chi connectivity index (χ1) is 11.9. The van der Waals surface area contributed by atoms with E-state index in [4.69, 9.17) is 0 Å². The second kappa shape index (κ2) is 7.02. The number of nitrogens with zero attached hydrogens (tertiary/aromatic N) is 2. The molecule has 24 heavy (non-hydrogen) atoms. The number of benzene rings is 2. The van der Waals surface area contributed by atoms with Crippen LogP contribution >= 0.6 is 0 Å². The molecule has 0 aliphatic carbocycles. The summed E-state index contributed by atoms with van der Waals surface area (Å²) in [6.45, 7) is 3.32. The molecule has 1 aliphatic heterocycles. The average Bonchev–Trinajstić information content (AvgIpc) is 2.63. The maximum atomic E-state index is 4.22. The summed E-state index contributed by atoms with van der Waals surface area (Å²) in [6.07, 6.45) is 6.28. The molecule has 3 heteroatoms. The number of anilines is 1. The van der Waals surface area contributed by atoms with Crippen molar-refractivity contribution in [2.45, 2.75) is 25.4 Å². The minimum absolute atomic E-state index is 0.501. The van der Waals surface area contributed by atoms with Gasteiger partial charge in [-0.2, -0.15) is 0 Å². The molecule has 1 atom stereocenters. The second-order valence-corrected chi connectivity index (χ2v) is 6.61. The Hall–Kier alpha value is -2.39. The molecule has 2 heterocycles. The summed E-state index contributed by atoms with van der Waals surface area (Å²) >= 11 is 0. The highest BCUT2D eigenvalue weighted by Crippen LogP contribution is 2.25. The van der Waals surface area contributed by atoms with Crippen LogP contribution in [0.25, 0.3) is 10.8 Å². The van der Waals surface area contributed by atoms with Crippen molar-refractivity contribution in [1.82, 2.24) is 9.88 Å². The van der Waals surface area contributed by atoms with E-state index in [0.717, 1.165) is 13.1 Å². The van der Waals surface area contributed by atoms with Gasteiger partial charge in [-0.1, -0.05) is 42.5 Å². The standard InChI is InChI=1S/C21H23N3/c1-2-6-17(7-3-1)15-24-13-5-9-19(16-24)23-21-10-4-8-18-14-22-12-11-20(18)21/h1-4,6-8,10-12,14,19,23H,5,9,13,15-16H2. The highest BCUT2D eigenvalue weighted by atomic mass is 15.2. The molecule has 1 aromatic heterocycles. The van der Waals surface area contributed by atoms with Crippen LogP contribution in [0.5, 0.6) is 0 Å². The fourth-order valence-corrected chi connectivity index (χ4v) is 3.63. The van der Waals surface area contributed by atoms with Crippen LogP contribution in [-0.2, 0) is 6.54 Å². The number of aromatic nitrogens is 1. The van der Waals surface area contributed by atoms with Crippen LogP contribution in [0.4, 0.5) is 5.69 Å². The molecule has 1 N–H and O–H groups in total. The van der Waals surface area contributed by atoms with Gasteiger partial charge in [-0.25, -0.2) is 0 Å². The number of hydrogen-bond donors (Lipinski definition) is 1. The van der Waals surface area contributed by atoms with Crippen LogP contribution in [0.15, 0.2) is 67.0 Å². The number of nitrogens with one attached hydrogen (secondary N) is 1. The van der Waals surface area contributed by atoms with Gasteiger partial charge in [0.1, 0.15) is 0 Å². The second-order valence-electron chi connectivity index (χ2n) is 6.61. The van der Waals surface area contributed by atoms with E-state index in [1.807, 2.05) is 12.4 Å². The van der Waals surface area contributed by atoms with E-state index in [2.05, 4.69) is 69.8 Å². The van der Waals surface area contributed by atoms with Gasteiger partial charge in [0.05, 0.1) is 0 Å². The van der Waals surface area contributed by atoms with Crippen molar-refractivity contribution in [3.63, 3.8) is 0 Å². The normalized spacial score (nSPS) is 18.6. The van der Waals surface area contributed by atoms with Gasteiger partial charge in [-0.3, -0.25) is 9.88 Å². The van der Waals surface area contributed by atoms with E-state index in [9.17, 15) is 0 Å². The van der Waals surface area contributed by atoms with Crippen molar-refractivity contribution in [3.8, 4) is 0 Å². The fraction of sp³-hybridized carbons (Fsp3) is 0.286. The summed E-state index contributed by atoms with van der Waals surface area (Å²) in [6, 6.07) is 19.8. The van der Waals surface area contributed by atoms with E-state index in [1.54, 1.807) is 0 Å². The van der Waals surface area contributed by atoms with Crippen molar-refractivity contribution in [1.29, 1.82) is 0 Å². The van der Waals surface area contributed by atoms with Crippen LogP contribution in [0.2, 0.25) is 0 Å². The number of fused-ring (bicyclic) bond motifs is 1. The van der Waals surface area contributed by atoms with E-state index >= 15 is 0 Å². The first kappa shape index (κ1) is 15.2. The molecule has 0 bridgehead atoms. The van der Waals surface area contributed by atoms with Crippen LogP contribution < -0.4 is 5.32 Å². The van der Waals surface area contributed by atoms with E-state index in [0.29, 0.717) is 6.04 Å². The quantitative estimate of drug-likeness (QED) is 0.777. The Labute approximate surface area is 143 Å². The molecular formula is C21H23N3. The highest BCUT2D eigenvalue weighted by Gasteiger charge is 2.20. The predicted octanol–water partition coefficient (Wildman–Crippen LogP) is 4.31. The largest absolute Gasteiger partial charge is 0.381 e. The number of hydrogen-bond acceptors (Lipinski definition) is 3. The zero-order valence-corrected chi connectivity index (χ0v) is 13.9. The molecule has 122 valence electrons. The molecule has 2 aromatic carbocycles. The Kier molecular flexibility index (Phi) is 4.43. The Morgan fingerprint density at radius 1 is 1.04 bits per heavy atom. The average molecular weight is 317 g/mol. The Morgan fingerprint density at radius 3 is 2.88 bits per heavy atom. The molecular weight excluding hydrogens is 294 g/mol. The fourth-order valence-electron chi connectivity index (χ4n) is 3.63. The molecule has 1 fully saturated rings. The highest BCUT2D eigenvalue weighted by molar-refractivity contribution is 5.93. The molecule has 1 aliphatic rings. The van der Waals surface area contributed by atoms with E-state index < -0.39 is 0 Å². The molecule has 0 saturated carbocycles. The topological polar surface area (TPSA) is 28.2 Å². The van der Waals surface area contributed by atoms with Gasteiger partial charge in [0.2, 0.25) is 0 Å². The van der Waals surface area contributed by atoms with Gasteiger partial charge in [0.25, 0.3) is 0 Å². The van der Waals surface area contributed by atoms with E-state index in [1.165, 1.54) is 41.4 Å². The third kappa shape index (κ3) is 3.41. The lowest BCUT2D eigenvalue weighted by Crippen LogP contribution is -2.41. The molecule has 1 saturated heterocycles. The number of likely N-dealkylation sites (tertiary alicyclic amines) is 1. The van der Waals surface area contributed by atoms with Crippen LogP contribution in [0.3, 0.4) is 0 Å². The van der Waals surface area contributed by atoms with Gasteiger partial charge in [0.15, 0.2) is 0 Å². The molecule has 4 rings (SSSR count). The van der Waals surface area contributed by atoms with Gasteiger partial charge in [-0.15, -0.1) is 0 Å². The van der Waals surface area contributed by atoms with Gasteiger partial charge in [-0.05, 0) is 37.1 Å². The molecule has 0 spiro atoms. The van der Waals surface area contributed by atoms with E-state index in [-0.39, 0.29) is 0 Å². The van der Waals surface area contributed by atoms with Crippen molar-refractivity contribution >= 4 is 16.5 Å². The smallest absolute Gasteiger partial charge is 0.0423 e. The van der Waals surface area contributed by atoms with Gasteiger partial charge < -0.3 is 5.32 Å². The van der Waals surface area contributed by atoms with Gasteiger partial charge in [0, 0.05) is 48.0 Å². The summed E-state index contributed by atoms with van der Waals surface area (Å²) in [5.41, 5.74) is 2.62. The summed E-state index contributed by atoms with van der Waals surface area (Å²) in [7, 11) is 0. The third-order valence-electron chi connectivity index (χ3n) is 4.79. The first-order valence-corrected chi connectivity index (χ1v) is 8.74. The number of piperidine rings is 1. The van der Waals surface area contributed by atoms with Crippen molar-refractivity contribution in [2.24, 2.45) is 0 Å². The molecule has 0 amide bonds. The zero-order valence-electron chi connectivity index (χ0n) is 13.9. The number of rotatable bonds is 4. The monoisotopic (exact) mass is 317 g/mol. The Morgan fingerprint density at radius 2 is 1.96 bits per heavy atom. The maximum Gasteiger partial charge on any atom is 0.0423 e. The minimum Gasteiger partial charge on any atom is -0.381 e. The maximum absolute atomic E-state index is 4.22. The number of pyridine rings is 1. The van der Waals surface area contributed by atoms with Crippen molar-refractivity contribution < 1.29 is 0 Å². The Bertz CT molecular complexity index is 795. The Balaban J connectivity index is 1.46. The molecule has 0 radical (unpaired) electrons. The lowest BCUT2D eigenvalue weighted by Gasteiger charge is -2.34.